The predicted octanol–water partition coefficient (Wildman–Crippen LogP) is -0.0336. The van der Waals surface area contributed by atoms with E-state index in [2.05, 4.69) is 5.53 Å². The Bertz CT molecular complexity index is 406. The summed E-state index contributed by atoms with van der Waals surface area (Å²) in [7, 11) is 0. The van der Waals surface area contributed by atoms with Crippen molar-refractivity contribution in [3.8, 4) is 0 Å². The first-order valence-electron chi connectivity index (χ1n) is 4.94. The van der Waals surface area contributed by atoms with E-state index >= 15 is 0 Å². The molecule has 3 N–H and O–H groups in total. The van der Waals surface area contributed by atoms with Gasteiger partial charge in [0, 0.05) is 12.4 Å². The summed E-state index contributed by atoms with van der Waals surface area (Å²) in [5.74, 6) is -0.264. The van der Waals surface area contributed by atoms with E-state index in [1.54, 1.807) is 0 Å². The molecule has 1 fully saturated rings. The third-order valence-electron chi connectivity index (χ3n) is 3.01. The van der Waals surface area contributed by atoms with Gasteiger partial charge in [0.2, 0.25) is 5.91 Å². The van der Waals surface area contributed by atoms with Crippen LogP contribution in [0.15, 0.2) is 36.3 Å². The van der Waals surface area contributed by atoms with Gasteiger partial charge in [0.25, 0.3) is 0 Å². The standard InChI is InChI=1S/C10H12N4O/c11-9(15)10(4-5-10)14-7-8-3-1-2-6-13(8)12-14/h1-3,6-7,12H,4-5H2,(H2,11,15). The molecule has 0 saturated heterocycles. The highest BCUT2D eigenvalue weighted by molar-refractivity contribution is 5.88. The molecule has 0 bridgehead atoms. The van der Waals surface area contributed by atoms with Gasteiger partial charge in [-0.2, -0.15) is 0 Å². The molecule has 0 atom stereocenters. The summed E-state index contributed by atoms with van der Waals surface area (Å²) in [5.41, 5.74) is 9.02. The van der Waals surface area contributed by atoms with Crippen LogP contribution in [0.3, 0.4) is 0 Å². The summed E-state index contributed by atoms with van der Waals surface area (Å²) in [6.07, 6.45) is 11.3. The van der Waals surface area contributed by atoms with Gasteiger partial charge in [-0.3, -0.25) is 14.8 Å². The number of nitrogens with one attached hydrogen (secondary N) is 1. The van der Waals surface area contributed by atoms with Gasteiger partial charge in [0.15, 0.2) is 0 Å². The molecule has 3 rings (SSSR count). The topological polar surface area (TPSA) is 61.6 Å². The fraction of sp³-hybridized carbons (Fsp3) is 0.300. The molecular weight excluding hydrogens is 192 g/mol. The van der Waals surface area contributed by atoms with Crippen LogP contribution in [0.1, 0.15) is 12.8 Å². The average Bonchev–Trinajstić information content (AvgIpc) is 2.93. The Morgan fingerprint density at radius 3 is 2.87 bits per heavy atom. The SMILES string of the molecule is NC(=O)C1(N2C=C3C=CC=CN3N2)CC1. The molecule has 1 aliphatic carbocycles. The molecule has 0 spiro atoms. The number of primary amides is 1. The summed E-state index contributed by atoms with van der Waals surface area (Å²) in [6, 6.07) is 0. The fourth-order valence-corrected chi connectivity index (χ4v) is 1.87. The van der Waals surface area contributed by atoms with E-state index in [0.717, 1.165) is 18.5 Å². The Balaban J connectivity index is 1.87. The van der Waals surface area contributed by atoms with E-state index in [1.165, 1.54) is 0 Å². The van der Waals surface area contributed by atoms with Gasteiger partial charge in [-0.05, 0) is 25.0 Å². The molecule has 1 amide bonds. The zero-order valence-corrected chi connectivity index (χ0v) is 8.18. The third-order valence-corrected chi connectivity index (χ3v) is 3.01. The van der Waals surface area contributed by atoms with Gasteiger partial charge in [0.1, 0.15) is 5.54 Å². The first-order valence-corrected chi connectivity index (χ1v) is 4.94. The number of carbonyl (C=O) groups excluding carboxylic acids is 1. The fourth-order valence-electron chi connectivity index (χ4n) is 1.87. The summed E-state index contributed by atoms with van der Waals surface area (Å²) in [4.78, 5) is 11.3. The Kier molecular flexibility index (Phi) is 1.50. The minimum absolute atomic E-state index is 0.264. The van der Waals surface area contributed by atoms with Crippen LogP contribution in [0.5, 0.6) is 0 Å². The van der Waals surface area contributed by atoms with Crippen molar-refractivity contribution in [3.05, 3.63) is 36.3 Å². The van der Waals surface area contributed by atoms with Crippen LogP contribution >= 0.6 is 0 Å². The van der Waals surface area contributed by atoms with Crippen LogP contribution in [0.4, 0.5) is 0 Å². The Morgan fingerprint density at radius 1 is 1.47 bits per heavy atom. The second-order valence-electron chi connectivity index (χ2n) is 3.99. The number of rotatable bonds is 2. The van der Waals surface area contributed by atoms with Crippen molar-refractivity contribution in [3.63, 3.8) is 0 Å². The largest absolute Gasteiger partial charge is 0.368 e. The number of fused-ring (bicyclic) bond motifs is 1. The molecule has 0 radical (unpaired) electrons. The minimum atomic E-state index is -0.508. The quantitative estimate of drug-likeness (QED) is 0.663. The first kappa shape index (κ1) is 8.55. The summed E-state index contributed by atoms with van der Waals surface area (Å²) in [5, 5.41) is 3.67. The van der Waals surface area contributed by atoms with E-state index in [4.69, 9.17) is 5.73 Å². The van der Waals surface area contributed by atoms with Gasteiger partial charge >= 0.3 is 0 Å². The van der Waals surface area contributed by atoms with Crippen molar-refractivity contribution in [2.24, 2.45) is 5.73 Å². The van der Waals surface area contributed by atoms with Crippen LogP contribution in [-0.4, -0.2) is 21.5 Å². The van der Waals surface area contributed by atoms with Crippen molar-refractivity contribution in [1.82, 2.24) is 15.6 Å². The summed E-state index contributed by atoms with van der Waals surface area (Å²) < 4.78 is 0. The number of hydrazine groups is 2. The number of hydrogen-bond donors (Lipinski definition) is 2. The Morgan fingerprint density at radius 2 is 2.27 bits per heavy atom. The molecule has 0 aromatic rings. The maximum absolute atomic E-state index is 11.3. The molecule has 3 aliphatic rings. The molecule has 2 aliphatic heterocycles. The van der Waals surface area contributed by atoms with Crippen molar-refractivity contribution in [1.29, 1.82) is 0 Å². The maximum Gasteiger partial charge on any atom is 0.244 e. The average molecular weight is 204 g/mol. The zero-order chi connectivity index (χ0) is 10.5. The highest BCUT2D eigenvalue weighted by Crippen LogP contribution is 2.42. The maximum atomic E-state index is 11.3. The Labute approximate surface area is 87.4 Å². The number of amides is 1. The lowest BCUT2D eigenvalue weighted by atomic mass is 10.2. The molecule has 0 aromatic heterocycles. The number of nitrogens with zero attached hydrogens (tertiary/aromatic N) is 2. The normalized spacial score (nSPS) is 25.2. The first-order chi connectivity index (χ1) is 7.22. The summed E-state index contributed by atoms with van der Waals surface area (Å²) in [6.45, 7) is 0. The molecule has 15 heavy (non-hydrogen) atoms. The molecule has 78 valence electrons. The smallest absolute Gasteiger partial charge is 0.244 e. The molecule has 0 unspecified atom stereocenters. The summed E-state index contributed by atoms with van der Waals surface area (Å²) >= 11 is 0. The minimum Gasteiger partial charge on any atom is -0.368 e. The highest BCUT2D eigenvalue weighted by atomic mass is 16.2. The predicted molar refractivity (Wildman–Crippen MR) is 54.3 cm³/mol. The van der Waals surface area contributed by atoms with Crippen LogP contribution in [0, 0.1) is 0 Å². The van der Waals surface area contributed by atoms with Crippen LogP contribution in [0.25, 0.3) is 0 Å². The van der Waals surface area contributed by atoms with Crippen molar-refractivity contribution in [2.45, 2.75) is 18.4 Å². The van der Waals surface area contributed by atoms with Gasteiger partial charge in [0.05, 0.1) is 5.70 Å². The van der Waals surface area contributed by atoms with E-state index in [0.29, 0.717) is 0 Å². The van der Waals surface area contributed by atoms with Crippen molar-refractivity contribution < 1.29 is 4.79 Å². The monoisotopic (exact) mass is 204 g/mol. The molecule has 1 saturated carbocycles. The number of carbonyl (C=O) groups is 1. The zero-order valence-electron chi connectivity index (χ0n) is 8.18. The van der Waals surface area contributed by atoms with Gasteiger partial charge in [-0.15, -0.1) is 5.53 Å². The van der Waals surface area contributed by atoms with Crippen molar-refractivity contribution in [2.75, 3.05) is 0 Å². The number of allylic oxidation sites excluding steroid dienone is 3. The van der Waals surface area contributed by atoms with Crippen LogP contribution in [-0.2, 0) is 4.79 Å². The second-order valence-corrected chi connectivity index (χ2v) is 3.99. The van der Waals surface area contributed by atoms with Crippen LogP contribution in [0.2, 0.25) is 0 Å². The van der Waals surface area contributed by atoms with E-state index < -0.39 is 5.54 Å². The number of hydrogen-bond acceptors (Lipinski definition) is 4. The van der Waals surface area contributed by atoms with E-state index in [-0.39, 0.29) is 5.91 Å². The second kappa shape index (κ2) is 2.64. The van der Waals surface area contributed by atoms with Crippen LogP contribution < -0.4 is 11.3 Å². The van der Waals surface area contributed by atoms with E-state index in [9.17, 15) is 4.79 Å². The molecule has 0 aromatic carbocycles. The lowest BCUT2D eigenvalue weighted by molar-refractivity contribution is -0.125. The highest BCUT2D eigenvalue weighted by Gasteiger charge is 2.54. The van der Waals surface area contributed by atoms with Crippen molar-refractivity contribution >= 4 is 5.91 Å². The Hall–Kier alpha value is -1.75. The number of nitrogens with two attached hydrogens (primary N) is 1. The van der Waals surface area contributed by atoms with Gasteiger partial charge < -0.3 is 5.73 Å². The van der Waals surface area contributed by atoms with Gasteiger partial charge in [-0.25, -0.2) is 0 Å². The molecule has 5 heteroatoms. The van der Waals surface area contributed by atoms with Gasteiger partial charge in [-0.1, -0.05) is 6.08 Å². The molecular formula is C10H12N4O. The lowest BCUT2D eigenvalue weighted by Gasteiger charge is -2.27. The molecule has 2 heterocycles. The van der Waals surface area contributed by atoms with E-state index in [1.807, 2.05) is 40.6 Å². The third kappa shape index (κ3) is 1.10. The lowest BCUT2D eigenvalue weighted by Crippen LogP contribution is -2.51. The molecule has 5 nitrogen and oxygen atoms in total.